The summed E-state index contributed by atoms with van der Waals surface area (Å²) < 4.78 is 26.8. The SMILES string of the molecule is CCc1ccnc(NS(=O)(=O)c2ccc(Cl)c(Cl)c2)c1. The van der Waals surface area contributed by atoms with E-state index in [1.165, 1.54) is 18.2 Å². The minimum Gasteiger partial charge on any atom is -0.263 e. The molecule has 0 aliphatic heterocycles. The number of hydrogen-bond donors (Lipinski definition) is 1. The molecule has 0 radical (unpaired) electrons. The van der Waals surface area contributed by atoms with Crippen molar-refractivity contribution in [3.05, 3.63) is 52.1 Å². The Hall–Kier alpha value is -1.30. The van der Waals surface area contributed by atoms with Gasteiger partial charge in [0.25, 0.3) is 10.0 Å². The Balaban J connectivity index is 2.32. The number of nitrogens with one attached hydrogen (secondary N) is 1. The summed E-state index contributed by atoms with van der Waals surface area (Å²) >= 11 is 11.6. The highest BCUT2D eigenvalue weighted by atomic mass is 35.5. The van der Waals surface area contributed by atoms with Crippen LogP contribution in [-0.4, -0.2) is 13.4 Å². The molecule has 1 aromatic carbocycles. The molecule has 0 unspecified atom stereocenters. The van der Waals surface area contributed by atoms with Gasteiger partial charge in [0.2, 0.25) is 0 Å². The van der Waals surface area contributed by atoms with Crippen LogP contribution in [0.1, 0.15) is 12.5 Å². The molecule has 106 valence electrons. The zero-order valence-corrected chi connectivity index (χ0v) is 12.9. The Kier molecular flexibility index (Phi) is 4.52. The molecule has 0 saturated heterocycles. The lowest BCUT2D eigenvalue weighted by Crippen LogP contribution is -2.14. The molecule has 0 aliphatic carbocycles. The second-order valence-electron chi connectivity index (χ2n) is 4.08. The van der Waals surface area contributed by atoms with Crippen LogP contribution >= 0.6 is 23.2 Å². The van der Waals surface area contributed by atoms with Gasteiger partial charge in [0.1, 0.15) is 5.82 Å². The summed E-state index contributed by atoms with van der Waals surface area (Å²) in [5, 5.41) is 0.488. The van der Waals surface area contributed by atoms with Crippen LogP contribution in [0.2, 0.25) is 10.0 Å². The standard InChI is InChI=1S/C13H12Cl2N2O2S/c1-2-9-5-6-16-13(7-9)17-20(18,19)10-3-4-11(14)12(15)8-10/h3-8H,2H2,1H3,(H,16,17). The van der Waals surface area contributed by atoms with E-state index in [1.807, 2.05) is 13.0 Å². The number of anilines is 1. The summed E-state index contributed by atoms with van der Waals surface area (Å²) in [6.07, 6.45) is 2.36. The molecular weight excluding hydrogens is 319 g/mol. The smallest absolute Gasteiger partial charge is 0.263 e. The van der Waals surface area contributed by atoms with Crippen LogP contribution in [0.5, 0.6) is 0 Å². The number of rotatable bonds is 4. The van der Waals surface area contributed by atoms with Crippen molar-refractivity contribution in [1.29, 1.82) is 0 Å². The molecule has 2 rings (SSSR count). The van der Waals surface area contributed by atoms with E-state index in [9.17, 15) is 8.42 Å². The van der Waals surface area contributed by atoms with Crippen LogP contribution in [-0.2, 0) is 16.4 Å². The maximum atomic E-state index is 12.2. The molecule has 0 amide bonds. The number of benzene rings is 1. The van der Waals surface area contributed by atoms with Gasteiger partial charge in [-0.05, 0) is 42.3 Å². The maximum absolute atomic E-state index is 12.2. The van der Waals surface area contributed by atoms with Crippen molar-refractivity contribution < 1.29 is 8.42 Å². The number of halogens is 2. The Bertz CT molecular complexity index is 733. The minimum absolute atomic E-state index is 0.0376. The molecule has 2 aromatic rings. The lowest BCUT2D eigenvalue weighted by Gasteiger charge is -2.09. The van der Waals surface area contributed by atoms with Crippen molar-refractivity contribution in [2.45, 2.75) is 18.2 Å². The van der Waals surface area contributed by atoms with E-state index in [0.29, 0.717) is 5.02 Å². The van der Waals surface area contributed by atoms with E-state index in [4.69, 9.17) is 23.2 Å². The summed E-state index contributed by atoms with van der Waals surface area (Å²) in [6.45, 7) is 1.98. The fourth-order valence-electron chi connectivity index (χ4n) is 1.59. The van der Waals surface area contributed by atoms with Gasteiger partial charge < -0.3 is 0 Å². The number of nitrogens with zero attached hydrogens (tertiary/aromatic N) is 1. The molecule has 1 heterocycles. The molecule has 0 saturated carbocycles. The molecule has 0 atom stereocenters. The summed E-state index contributed by atoms with van der Waals surface area (Å²) in [5.74, 6) is 0.274. The Labute approximate surface area is 127 Å². The predicted octanol–water partition coefficient (Wildman–Crippen LogP) is 3.75. The number of aryl methyl sites for hydroxylation is 1. The molecule has 0 bridgehead atoms. The molecular formula is C13H12Cl2N2O2S. The maximum Gasteiger partial charge on any atom is 0.263 e. The van der Waals surface area contributed by atoms with Crippen LogP contribution in [0.3, 0.4) is 0 Å². The third-order valence-electron chi connectivity index (χ3n) is 2.67. The first-order chi connectivity index (χ1) is 9.42. The first-order valence-corrected chi connectivity index (χ1v) is 8.09. The normalized spacial score (nSPS) is 11.3. The highest BCUT2D eigenvalue weighted by Gasteiger charge is 2.16. The highest BCUT2D eigenvalue weighted by Crippen LogP contribution is 2.25. The number of hydrogen-bond acceptors (Lipinski definition) is 3. The highest BCUT2D eigenvalue weighted by molar-refractivity contribution is 7.92. The quantitative estimate of drug-likeness (QED) is 0.928. The predicted molar refractivity (Wildman–Crippen MR) is 80.9 cm³/mol. The Morgan fingerprint density at radius 1 is 1.15 bits per heavy atom. The van der Waals surface area contributed by atoms with Crippen molar-refractivity contribution in [2.75, 3.05) is 4.72 Å². The van der Waals surface area contributed by atoms with Gasteiger partial charge in [-0.1, -0.05) is 30.1 Å². The first-order valence-electron chi connectivity index (χ1n) is 5.85. The van der Waals surface area contributed by atoms with Crippen LogP contribution in [0.25, 0.3) is 0 Å². The minimum atomic E-state index is -3.73. The average Bonchev–Trinajstić information content (AvgIpc) is 2.41. The van der Waals surface area contributed by atoms with Crippen molar-refractivity contribution in [1.82, 2.24) is 4.98 Å². The lowest BCUT2D eigenvalue weighted by molar-refractivity contribution is 0.601. The van der Waals surface area contributed by atoms with E-state index in [-0.39, 0.29) is 15.7 Å². The summed E-state index contributed by atoms with van der Waals surface area (Å²) in [7, 11) is -3.73. The molecule has 0 spiro atoms. The second-order valence-corrected chi connectivity index (χ2v) is 6.58. The summed E-state index contributed by atoms with van der Waals surface area (Å²) in [5.41, 5.74) is 0.992. The zero-order chi connectivity index (χ0) is 14.8. The summed E-state index contributed by atoms with van der Waals surface area (Å²) in [6, 6.07) is 7.65. The van der Waals surface area contributed by atoms with Crippen LogP contribution in [0, 0.1) is 0 Å². The third kappa shape index (κ3) is 3.42. The largest absolute Gasteiger partial charge is 0.263 e. The third-order valence-corrected chi connectivity index (χ3v) is 4.76. The zero-order valence-electron chi connectivity index (χ0n) is 10.6. The average molecular weight is 331 g/mol. The van der Waals surface area contributed by atoms with Gasteiger partial charge in [0.15, 0.2) is 0 Å². The van der Waals surface area contributed by atoms with Crippen molar-refractivity contribution in [3.8, 4) is 0 Å². The Morgan fingerprint density at radius 2 is 1.90 bits per heavy atom. The van der Waals surface area contributed by atoms with E-state index in [1.54, 1.807) is 12.3 Å². The van der Waals surface area contributed by atoms with Gasteiger partial charge in [-0.2, -0.15) is 0 Å². The summed E-state index contributed by atoms with van der Waals surface area (Å²) in [4.78, 5) is 4.03. The van der Waals surface area contributed by atoms with Gasteiger partial charge in [-0.15, -0.1) is 0 Å². The molecule has 4 nitrogen and oxygen atoms in total. The monoisotopic (exact) mass is 330 g/mol. The van der Waals surface area contributed by atoms with E-state index in [2.05, 4.69) is 9.71 Å². The molecule has 20 heavy (non-hydrogen) atoms. The van der Waals surface area contributed by atoms with Gasteiger partial charge in [0, 0.05) is 6.20 Å². The molecule has 0 fully saturated rings. The fourth-order valence-corrected chi connectivity index (χ4v) is 2.98. The topological polar surface area (TPSA) is 59.1 Å². The molecule has 7 heteroatoms. The molecule has 1 N–H and O–H groups in total. The number of aromatic nitrogens is 1. The second kappa shape index (κ2) is 5.99. The van der Waals surface area contributed by atoms with E-state index >= 15 is 0 Å². The van der Waals surface area contributed by atoms with Gasteiger partial charge >= 0.3 is 0 Å². The Morgan fingerprint density at radius 3 is 2.55 bits per heavy atom. The van der Waals surface area contributed by atoms with E-state index < -0.39 is 10.0 Å². The number of sulfonamides is 1. The fraction of sp³-hybridized carbons (Fsp3) is 0.154. The molecule has 1 aromatic heterocycles. The van der Waals surface area contributed by atoms with Crippen LogP contribution < -0.4 is 4.72 Å². The van der Waals surface area contributed by atoms with Crippen molar-refractivity contribution >= 4 is 39.0 Å². The van der Waals surface area contributed by atoms with Crippen LogP contribution in [0.4, 0.5) is 5.82 Å². The molecule has 0 aliphatic rings. The first kappa shape index (κ1) is 15.1. The van der Waals surface area contributed by atoms with Crippen molar-refractivity contribution in [3.63, 3.8) is 0 Å². The van der Waals surface area contributed by atoms with Crippen molar-refractivity contribution in [2.24, 2.45) is 0 Å². The number of pyridine rings is 1. The van der Waals surface area contributed by atoms with Gasteiger partial charge in [0.05, 0.1) is 14.9 Å². The van der Waals surface area contributed by atoms with E-state index in [0.717, 1.165) is 12.0 Å². The lowest BCUT2D eigenvalue weighted by atomic mass is 10.2. The van der Waals surface area contributed by atoms with Gasteiger partial charge in [-0.3, -0.25) is 4.72 Å². The van der Waals surface area contributed by atoms with Crippen LogP contribution in [0.15, 0.2) is 41.4 Å². The van der Waals surface area contributed by atoms with Gasteiger partial charge in [-0.25, -0.2) is 13.4 Å².